The van der Waals surface area contributed by atoms with E-state index in [1.54, 1.807) is 11.0 Å². The summed E-state index contributed by atoms with van der Waals surface area (Å²) in [7, 11) is 0. The molecule has 1 spiro atoms. The van der Waals surface area contributed by atoms with Gasteiger partial charge in [0.2, 0.25) is 5.91 Å². The number of amides is 2. The Morgan fingerprint density at radius 2 is 1.80 bits per heavy atom. The second-order valence-electron chi connectivity index (χ2n) is 11.5. The fraction of sp³-hybridized carbons (Fsp3) is 0.424. The van der Waals surface area contributed by atoms with Crippen LogP contribution in [0, 0.1) is 25.7 Å². The highest BCUT2D eigenvalue weighted by Crippen LogP contribution is 2.64. The van der Waals surface area contributed by atoms with E-state index in [-0.39, 0.29) is 19.1 Å². The molecule has 3 saturated heterocycles. The van der Waals surface area contributed by atoms with Crippen LogP contribution in [0.25, 0.3) is 0 Å². The Morgan fingerprint density at radius 1 is 1.12 bits per heavy atom. The third-order valence-corrected chi connectivity index (χ3v) is 9.03. The van der Waals surface area contributed by atoms with Gasteiger partial charge in [-0.2, -0.15) is 0 Å². The topological polar surface area (TPSA) is 96.4 Å². The van der Waals surface area contributed by atoms with Crippen molar-refractivity contribution in [2.24, 2.45) is 11.8 Å². The number of benzene rings is 2. The van der Waals surface area contributed by atoms with Crippen molar-refractivity contribution >= 4 is 23.5 Å². The fourth-order valence-corrected chi connectivity index (χ4v) is 7.40. The molecule has 0 aliphatic carbocycles. The zero-order chi connectivity index (χ0) is 29.5. The number of rotatable bonds is 10. The van der Waals surface area contributed by atoms with E-state index in [4.69, 9.17) is 9.47 Å². The van der Waals surface area contributed by atoms with Crippen molar-refractivity contribution in [1.82, 2.24) is 4.90 Å². The minimum absolute atomic E-state index is 0.00828. The largest absolute Gasteiger partial charge is 0.461 e. The molecule has 0 aromatic heterocycles. The lowest BCUT2D eigenvalue weighted by Crippen LogP contribution is -2.57. The smallest absolute Gasteiger partial charge is 0.313 e. The molecule has 41 heavy (non-hydrogen) atoms. The number of aliphatic hydroxyl groups excluding tert-OH is 1. The maximum atomic E-state index is 14.9. The first kappa shape index (κ1) is 28.8. The molecule has 216 valence electrons. The van der Waals surface area contributed by atoms with E-state index in [0.29, 0.717) is 18.4 Å². The first-order valence-corrected chi connectivity index (χ1v) is 14.1. The van der Waals surface area contributed by atoms with E-state index in [1.165, 1.54) is 11.0 Å². The number of carbonyl (C=O) groups excluding carboxylic acids is 3. The van der Waals surface area contributed by atoms with Crippen molar-refractivity contribution in [1.29, 1.82) is 0 Å². The Balaban J connectivity index is 1.69. The average Bonchev–Trinajstić information content (AvgIpc) is 3.53. The van der Waals surface area contributed by atoms with Crippen LogP contribution in [0.4, 0.5) is 5.69 Å². The van der Waals surface area contributed by atoms with Gasteiger partial charge < -0.3 is 24.4 Å². The maximum Gasteiger partial charge on any atom is 0.313 e. The van der Waals surface area contributed by atoms with E-state index in [0.717, 1.165) is 16.8 Å². The number of ether oxygens (including phenoxy) is 2. The fourth-order valence-electron chi connectivity index (χ4n) is 7.40. The molecular weight excluding hydrogens is 520 g/mol. The summed E-state index contributed by atoms with van der Waals surface area (Å²) in [6.07, 6.45) is 4.04. The number of carbonyl (C=O) groups is 3. The Kier molecular flexibility index (Phi) is 7.66. The van der Waals surface area contributed by atoms with Crippen molar-refractivity contribution in [2.75, 3.05) is 24.7 Å². The minimum atomic E-state index is -1.26. The van der Waals surface area contributed by atoms with Gasteiger partial charge in [-0.05, 0) is 50.3 Å². The van der Waals surface area contributed by atoms with Crippen LogP contribution in [0.2, 0.25) is 0 Å². The van der Waals surface area contributed by atoms with Crippen molar-refractivity contribution in [2.45, 2.75) is 56.9 Å². The van der Waals surface area contributed by atoms with E-state index in [9.17, 15) is 19.5 Å². The molecule has 2 aromatic carbocycles. The molecule has 6 atom stereocenters. The molecule has 5 rings (SSSR count). The average molecular weight is 559 g/mol. The van der Waals surface area contributed by atoms with Gasteiger partial charge in [0.05, 0.1) is 24.2 Å². The number of aliphatic hydroxyl groups is 1. The van der Waals surface area contributed by atoms with Gasteiger partial charge in [0.25, 0.3) is 5.91 Å². The van der Waals surface area contributed by atoms with Gasteiger partial charge in [0, 0.05) is 12.2 Å². The molecule has 2 aromatic rings. The van der Waals surface area contributed by atoms with Crippen LogP contribution in [-0.4, -0.2) is 64.8 Å². The summed E-state index contributed by atoms with van der Waals surface area (Å²) in [4.78, 5) is 46.1. The number of para-hydroxylation sites is 1. The molecule has 1 N–H and O–H groups in total. The Labute approximate surface area is 241 Å². The van der Waals surface area contributed by atoms with E-state index >= 15 is 0 Å². The second-order valence-corrected chi connectivity index (χ2v) is 11.5. The summed E-state index contributed by atoms with van der Waals surface area (Å²) in [6.45, 7) is 13.0. The van der Waals surface area contributed by atoms with Crippen LogP contribution in [0.1, 0.15) is 42.5 Å². The molecule has 8 heteroatoms. The number of fused-ring (bicyclic) bond motifs is 1. The highest BCUT2D eigenvalue weighted by atomic mass is 16.6. The SMILES string of the molecule is C=CCOC(=O)[C@H]1[C@H]2C(=O)N([C@H](CO)c3ccccc3)C(C(=O)N(CC=C)c3c(C)cccc3C)C23CC[C@]1(C)O3. The first-order chi connectivity index (χ1) is 19.6. The number of likely N-dealkylation sites (tertiary alicyclic amines) is 1. The zero-order valence-corrected chi connectivity index (χ0v) is 23.9. The number of esters is 1. The maximum absolute atomic E-state index is 14.9. The Hall–Kier alpha value is -3.75. The number of hydrogen-bond donors (Lipinski definition) is 1. The summed E-state index contributed by atoms with van der Waals surface area (Å²) in [5.74, 6) is -3.11. The lowest BCUT2D eigenvalue weighted by molar-refractivity contribution is -0.159. The van der Waals surface area contributed by atoms with Crippen LogP contribution >= 0.6 is 0 Å². The quantitative estimate of drug-likeness (QED) is 0.349. The predicted molar refractivity (Wildman–Crippen MR) is 155 cm³/mol. The molecule has 3 aliphatic heterocycles. The second kappa shape index (κ2) is 10.9. The van der Waals surface area contributed by atoms with E-state index in [2.05, 4.69) is 13.2 Å². The molecule has 3 heterocycles. The molecule has 0 radical (unpaired) electrons. The van der Waals surface area contributed by atoms with Gasteiger partial charge in [-0.25, -0.2) is 0 Å². The Bertz CT molecular complexity index is 1350. The summed E-state index contributed by atoms with van der Waals surface area (Å²) >= 11 is 0. The van der Waals surface area contributed by atoms with Crippen LogP contribution in [0.3, 0.4) is 0 Å². The summed E-state index contributed by atoms with van der Waals surface area (Å²) < 4.78 is 12.2. The van der Waals surface area contributed by atoms with Crippen molar-refractivity contribution in [3.63, 3.8) is 0 Å². The van der Waals surface area contributed by atoms with Gasteiger partial charge in [-0.15, -0.1) is 6.58 Å². The number of nitrogens with zero attached hydrogens (tertiary/aromatic N) is 2. The van der Waals surface area contributed by atoms with Crippen LogP contribution in [0.5, 0.6) is 0 Å². The highest BCUT2D eigenvalue weighted by Gasteiger charge is 2.79. The molecule has 2 unspecified atom stereocenters. The Morgan fingerprint density at radius 3 is 2.41 bits per heavy atom. The molecule has 0 saturated carbocycles. The normalized spacial score (nSPS) is 28.7. The van der Waals surface area contributed by atoms with Gasteiger partial charge in [0.1, 0.15) is 24.2 Å². The molecule has 3 aliphatic rings. The van der Waals surface area contributed by atoms with Crippen molar-refractivity contribution < 1.29 is 29.0 Å². The first-order valence-electron chi connectivity index (χ1n) is 14.1. The van der Waals surface area contributed by atoms with Crippen LogP contribution in [-0.2, 0) is 23.9 Å². The van der Waals surface area contributed by atoms with Crippen LogP contribution in [0.15, 0.2) is 73.8 Å². The van der Waals surface area contributed by atoms with E-state index < -0.39 is 53.6 Å². The molecule has 2 bridgehead atoms. The summed E-state index contributed by atoms with van der Waals surface area (Å²) in [6, 6.07) is 13.1. The molecule has 3 fully saturated rings. The van der Waals surface area contributed by atoms with Gasteiger partial charge >= 0.3 is 5.97 Å². The zero-order valence-electron chi connectivity index (χ0n) is 23.9. The molecular formula is C33H38N2O6. The van der Waals surface area contributed by atoms with Gasteiger partial charge in [-0.3, -0.25) is 14.4 Å². The third kappa shape index (κ3) is 4.41. The number of hydrogen-bond acceptors (Lipinski definition) is 6. The third-order valence-electron chi connectivity index (χ3n) is 9.03. The summed E-state index contributed by atoms with van der Waals surface area (Å²) in [5, 5.41) is 10.7. The number of anilines is 1. The van der Waals surface area contributed by atoms with Gasteiger partial charge in [-0.1, -0.05) is 67.3 Å². The number of aryl methyl sites for hydroxylation is 2. The lowest BCUT2D eigenvalue weighted by Gasteiger charge is -2.40. The monoisotopic (exact) mass is 558 g/mol. The lowest BCUT2D eigenvalue weighted by atomic mass is 9.66. The molecule has 8 nitrogen and oxygen atoms in total. The van der Waals surface area contributed by atoms with Gasteiger partial charge in [0.15, 0.2) is 0 Å². The summed E-state index contributed by atoms with van der Waals surface area (Å²) in [5.41, 5.74) is 1.01. The van der Waals surface area contributed by atoms with Crippen molar-refractivity contribution in [3.05, 3.63) is 90.5 Å². The van der Waals surface area contributed by atoms with Crippen LogP contribution < -0.4 is 4.90 Å². The van der Waals surface area contributed by atoms with Crippen molar-refractivity contribution in [3.8, 4) is 0 Å². The minimum Gasteiger partial charge on any atom is -0.461 e. The standard InChI is InChI=1S/C33H38N2O6/c1-6-18-34(27-21(3)12-11-13-22(27)4)30(38)28-33-17-16-32(5,41-33)26(31(39)40-19-7-2)25(33)29(37)35(28)24(20-36)23-14-9-8-10-15-23/h6-15,24-26,28,36H,1-2,16-20H2,3-5H3/t24-,25+,26-,28?,32+,33?/m1/s1. The van der Waals surface area contributed by atoms with E-state index in [1.807, 2.05) is 69.3 Å². The predicted octanol–water partition coefficient (Wildman–Crippen LogP) is 4.05. The molecule has 2 amide bonds. The highest BCUT2D eigenvalue weighted by molar-refractivity contribution is 6.05.